The van der Waals surface area contributed by atoms with Crippen LogP contribution in [0.25, 0.3) is 0 Å². The van der Waals surface area contributed by atoms with Gasteiger partial charge in [-0.2, -0.15) is 5.10 Å². The van der Waals surface area contributed by atoms with E-state index in [2.05, 4.69) is 17.7 Å². The minimum Gasteiger partial charge on any atom is -0.478 e. The molecule has 2 rings (SSSR count). The number of carboxylic acid groups (broad SMARTS) is 1. The summed E-state index contributed by atoms with van der Waals surface area (Å²) in [5.74, 6) is 3.23. The molecule has 0 saturated heterocycles. The number of benzene rings is 1. The van der Waals surface area contributed by atoms with Gasteiger partial charge in [0.15, 0.2) is 0 Å². The van der Waals surface area contributed by atoms with E-state index in [1.165, 1.54) is 19.3 Å². The lowest BCUT2D eigenvalue weighted by atomic mass is 9.98. The quantitative estimate of drug-likeness (QED) is 0.238. The number of rotatable bonds is 4. The molecule has 0 unspecified atom stereocenters. The van der Waals surface area contributed by atoms with Crippen molar-refractivity contribution in [3.05, 3.63) is 35.9 Å². The Morgan fingerprint density at radius 3 is 1.84 bits per heavy atom. The zero-order chi connectivity index (χ0) is 24.7. The summed E-state index contributed by atoms with van der Waals surface area (Å²) in [7, 11) is 0. The van der Waals surface area contributed by atoms with Gasteiger partial charge in [0, 0.05) is 6.72 Å². The van der Waals surface area contributed by atoms with Crippen LogP contribution < -0.4 is 5.84 Å². The SMILES string of the molecule is C.C=NN.CC.CC.CC(C)(C)OC(=O)COC1CCCCC1.O=C(O)c1ccccc1. The molecule has 0 aliphatic heterocycles. The molecule has 32 heavy (non-hydrogen) atoms. The molecular weight excluding hydrogens is 408 g/mol. The molecule has 1 aliphatic carbocycles. The molecule has 0 amide bonds. The fourth-order valence-corrected chi connectivity index (χ4v) is 2.37. The van der Waals surface area contributed by atoms with Crippen molar-refractivity contribution < 1.29 is 24.2 Å². The van der Waals surface area contributed by atoms with Crippen molar-refractivity contribution in [3.8, 4) is 0 Å². The minimum absolute atomic E-state index is 0. The molecule has 3 N–H and O–H groups in total. The Labute approximate surface area is 196 Å². The second kappa shape index (κ2) is 24.9. The molecule has 1 saturated carbocycles. The highest BCUT2D eigenvalue weighted by Crippen LogP contribution is 2.20. The molecule has 1 aromatic rings. The van der Waals surface area contributed by atoms with Gasteiger partial charge in [0.25, 0.3) is 0 Å². The molecule has 1 fully saturated rings. The van der Waals surface area contributed by atoms with Crippen LogP contribution in [0.1, 0.15) is 98.4 Å². The highest BCUT2D eigenvalue weighted by atomic mass is 16.6. The van der Waals surface area contributed by atoms with Crippen LogP contribution in [-0.4, -0.2) is 42.1 Å². The summed E-state index contributed by atoms with van der Waals surface area (Å²) >= 11 is 0. The summed E-state index contributed by atoms with van der Waals surface area (Å²) in [5, 5.41) is 11.1. The smallest absolute Gasteiger partial charge is 0.335 e. The molecule has 1 aliphatic rings. The Balaban J connectivity index is -0.000000197. The molecule has 0 radical (unpaired) electrons. The third-order valence-corrected chi connectivity index (χ3v) is 3.43. The van der Waals surface area contributed by atoms with Gasteiger partial charge in [-0.1, -0.05) is 72.6 Å². The van der Waals surface area contributed by atoms with Gasteiger partial charge in [-0.25, -0.2) is 9.59 Å². The fraction of sp³-hybridized carbons (Fsp3) is 0.640. The molecule has 7 nitrogen and oxygen atoms in total. The van der Waals surface area contributed by atoms with Gasteiger partial charge >= 0.3 is 11.9 Å². The van der Waals surface area contributed by atoms with Gasteiger partial charge in [0.1, 0.15) is 12.2 Å². The number of carboxylic acids is 1. The standard InChI is InChI=1S/C12H22O3.C7H6O2.2C2H6.CH4N2.CH4/c1-12(2,3)15-11(13)9-14-10-7-5-4-6-8-10;8-7(9)6-4-2-1-3-5-6;2*1-2;1-3-2;/h10H,4-9H2,1-3H3;1-5H,(H,8,9);2*1-2H3;1-2H2;1H4. The Hall–Kier alpha value is -2.41. The highest BCUT2D eigenvalue weighted by molar-refractivity contribution is 5.87. The monoisotopic (exact) mass is 456 g/mol. The first-order valence-corrected chi connectivity index (χ1v) is 11.0. The van der Waals surface area contributed by atoms with E-state index < -0.39 is 11.6 Å². The number of carbonyl (C=O) groups excluding carboxylic acids is 1. The van der Waals surface area contributed by atoms with Gasteiger partial charge in [-0.3, -0.25) is 0 Å². The predicted molar refractivity (Wildman–Crippen MR) is 135 cm³/mol. The van der Waals surface area contributed by atoms with Crippen LogP contribution in [0.2, 0.25) is 0 Å². The lowest BCUT2D eigenvalue weighted by Gasteiger charge is -2.23. The molecule has 0 heterocycles. The first-order chi connectivity index (χ1) is 14.7. The van der Waals surface area contributed by atoms with Gasteiger partial charge < -0.3 is 20.4 Å². The largest absolute Gasteiger partial charge is 0.478 e. The molecule has 0 aromatic heterocycles. The number of nitrogens with two attached hydrogens (primary N) is 1. The van der Waals surface area contributed by atoms with Crippen molar-refractivity contribution in [1.82, 2.24) is 0 Å². The van der Waals surface area contributed by atoms with Gasteiger partial charge in [0.05, 0.1) is 11.7 Å². The van der Waals surface area contributed by atoms with Crippen molar-refractivity contribution in [1.29, 1.82) is 0 Å². The predicted octanol–water partition coefficient (Wildman–Crippen LogP) is 6.31. The summed E-state index contributed by atoms with van der Waals surface area (Å²) in [6.45, 7) is 16.6. The molecule has 0 atom stereocenters. The van der Waals surface area contributed by atoms with E-state index >= 15 is 0 Å². The normalized spacial score (nSPS) is 12.1. The molecule has 0 spiro atoms. The van der Waals surface area contributed by atoms with Crippen LogP contribution in [-0.2, 0) is 14.3 Å². The van der Waals surface area contributed by atoms with Crippen LogP contribution in [0, 0.1) is 0 Å². The summed E-state index contributed by atoms with van der Waals surface area (Å²) in [4.78, 5) is 21.6. The van der Waals surface area contributed by atoms with E-state index in [4.69, 9.17) is 14.6 Å². The fourth-order valence-electron chi connectivity index (χ4n) is 2.37. The highest BCUT2D eigenvalue weighted by Gasteiger charge is 2.19. The lowest BCUT2D eigenvalue weighted by Crippen LogP contribution is -2.28. The molecular formula is C25H48N2O5. The zero-order valence-electron chi connectivity index (χ0n) is 20.5. The number of hydrogen-bond acceptors (Lipinski definition) is 6. The second-order valence-corrected chi connectivity index (χ2v) is 7.01. The Morgan fingerprint density at radius 1 is 1.06 bits per heavy atom. The average molecular weight is 457 g/mol. The van der Waals surface area contributed by atoms with Crippen molar-refractivity contribution in [2.45, 2.75) is 99.7 Å². The van der Waals surface area contributed by atoms with Crippen LogP contribution in [0.4, 0.5) is 0 Å². The van der Waals surface area contributed by atoms with E-state index in [9.17, 15) is 9.59 Å². The zero-order valence-corrected chi connectivity index (χ0v) is 20.5. The van der Waals surface area contributed by atoms with Crippen molar-refractivity contribution >= 4 is 18.7 Å². The number of carbonyl (C=O) groups is 2. The number of nitrogens with zero attached hydrogens (tertiary/aromatic N) is 1. The summed E-state index contributed by atoms with van der Waals surface area (Å²) < 4.78 is 10.7. The topological polar surface area (TPSA) is 111 Å². The Bertz CT molecular complexity index is 551. The van der Waals surface area contributed by atoms with E-state index in [-0.39, 0.29) is 26.1 Å². The number of hydrogen-bond donors (Lipinski definition) is 2. The molecule has 7 heteroatoms. The van der Waals surface area contributed by atoms with E-state index in [0.717, 1.165) is 12.8 Å². The van der Waals surface area contributed by atoms with Crippen molar-refractivity contribution in [3.63, 3.8) is 0 Å². The maximum atomic E-state index is 11.4. The first kappa shape index (κ1) is 36.9. The van der Waals surface area contributed by atoms with E-state index in [1.807, 2.05) is 48.5 Å². The van der Waals surface area contributed by atoms with Crippen molar-refractivity contribution in [2.24, 2.45) is 10.9 Å². The van der Waals surface area contributed by atoms with Gasteiger partial charge in [0.2, 0.25) is 0 Å². The molecule has 188 valence electrons. The van der Waals surface area contributed by atoms with Gasteiger partial charge in [-0.15, -0.1) is 0 Å². The summed E-state index contributed by atoms with van der Waals surface area (Å²) in [6.07, 6.45) is 6.18. The summed E-state index contributed by atoms with van der Waals surface area (Å²) in [6, 6.07) is 8.30. The second-order valence-electron chi connectivity index (χ2n) is 7.01. The van der Waals surface area contributed by atoms with Crippen LogP contribution in [0.3, 0.4) is 0 Å². The van der Waals surface area contributed by atoms with Crippen LogP contribution >= 0.6 is 0 Å². The van der Waals surface area contributed by atoms with E-state index in [0.29, 0.717) is 5.56 Å². The first-order valence-electron chi connectivity index (χ1n) is 11.0. The maximum absolute atomic E-state index is 11.4. The Morgan fingerprint density at radius 2 is 1.50 bits per heavy atom. The maximum Gasteiger partial charge on any atom is 0.335 e. The van der Waals surface area contributed by atoms with Crippen LogP contribution in [0.5, 0.6) is 0 Å². The van der Waals surface area contributed by atoms with Crippen molar-refractivity contribution in [2.75, 3.05) is 6.61 Å². The molecule has 1 aromatic carbocycles. The lowest BCUT2D eigenvalue weighted by molar-refractivity contribution is -0.162. The molecule has 0 bridgehead atoms. The summed E-state index contributed by atoms with van der Waals surface area (Å²) in [5.41, 5.74) is -0.0787. The third-order valence-electron chi connectivity index (χ3n) is 3.43. The number of ether oxygens (including phenoxy) is 2. The van der Waals surface area contributed by atoms with E-state index in [1.54, 1.807) is 30.3 Å². The Kier molecular flexibility index (Phi) is 28.7. The third kappa shape index (κ3) is 25.6. The average Bonchev–Trinajstić information content (AvgIpc) is 2.76. The van der Waals surface area contributed by atoms with Crippen LogP contribution in [0.15, 0.2) is 35.4 Å². The number of hydrazone groups is 1. The number of esters is 1. The van der Waals surface area contributed by atoms with Gasteiger partial charge in [-0.05, 0) is 45.7 Å². The minimum atomic E-state index is -0.879. The number of aromatic carboxylic acids is 1.